The molecule has 3 N–H and O–H groups in total. The number of carbonyl (C=O) groups is 1. The third-order valence-corrected chi connectivity index (χ3v) is 12.9. The van der Waals surface area contributed by atoms with Crippen LogP contribution in [-0.2, 0) is 28.5 Å². The van der Waals surface area contributed by atoms with Gasteiger partial charge < -0.3 is 24.3 Å². The lowest BCUT2D eigenvalue weighted by Gasteiger charge is -2.34. The topological polar surface area (TPSA) is 123 Å². The minimum Gasteiger partial charge on any atom is -0.454 e. The highest BCUT2D eigenvalue weighted by atomic mass is 16.7. The van der Waals surface area contributed by atoms with Gasteiger partial charge in [0.25, 0.3) is 0 Å². The molecule has 1 amide bonds. The number of nitrogens with one attached hydrogen (secondary N) is 3. The molecule has 12 rings (SSSR count). The summed E-state index contributed by atoms with van der Waals surface area (Å²) in [4.78, 5) is 12.4. The maximum atomic E-state index is 12.4. The van der Waals surface area contributed by atoms with E-state index < -0.39 is 0 Å². The summed E-state index contributed by atoms with van der Waals surface area (Å²) >= 11 is 0. The van der Waals surface area contributed by atoms with Crippen LogP contribution in [0.4, 0.5) is 5.82 Å². The Labute approximate surface area is 353 Å². The van der Waals surface area contributed by atoms with E-state index in [4.69, 9.17) is 18.9 Å². The van der Waals surface area contributed by atoms with Crippen LogP contribution in [0.2, 0.25) is 0 Å². The van der Waals surface area contributed by atoms with E-state index in [2.05, 4.69) is 141 Å². The molecule has 10 heteroatoms. The summed E-state index contributed by atoms with van der Waals surface area (Å²) in [6.07, 6.45) is 13.4. The molecule has 5 aromatic carbocycles. The van der Waals surface area contributed by atoms with Crippen LogP contribution in [0, 0.1) is 5.92 Å². The van der Waals surface area contributed by atoms with Crippen LogP contribution in [0.1, 0.15) is 64.0 Å². The Kier molecular flexibility index (Phi) is 9.06. The summed E-state index contributed by atoms with van der Waals surface area (Å²) in [5.41, 5.74) is 10.4. The van der Waals surface area contributed by atoms with Gasteiger partial charge in [-0.1, -0.05) is 134 Å². The molecule has 1 saturated carbocycles. The van der Waals surface area contributed by atoms with Crippen LogP contribution in [0.25, 0.3) is 23.4 Å². The number of anilines is 1. The second kappa shape index (κ2) is 15.0. The molecule has 3 aliphatic carbocycles. The van der Waals surface area contributed by atoms with Crippen molar-refractivity contribution in [2.75, 3.05) is 18.9 Å². The van der Waals surface area contributed by atoms with Gasteiger partial charge in [0.15, 0.2) is 28.8 Å². The summed E-state index contributed by atoms with van der Waals surface area (Å²) in [5, 5.41) is 18.6. The summed E-state index contributed by atoms with van der Waals surface area (Å²) in [6, 6.07) is 43.8. The highest BCUT2D eigenvalue weighted by molar-refractivity contribution is 5.94. The maximum Gasteiger partial charge on any atom is 0.231 e. The van der Waals surface area contributed by atoms with Crippen molar-refractivity contribution < 1.29 is 23.7 Å². The van der Waals surface area contributed by atoms with Gasteiger partial charge in [-0.15, -0.1) is 0 Å². The number of nitrogens with zero attached hydrogens (tertiary/aromatic N) is 2. The van der Waals surface area contributed by atoms with E-state index in [-0.39, 0.29) is 36.2 Å². The first-order valence-electron chi connectivity index (χ1n) is 20.9. The van der Waals surface area contributed by atoms with Crippen molar-refractivity contribution in [1.29, 1.82) is 0 Å². The minimum atomic E-state index is -0.378. The van der Waals surface area contributed by atoms with E-state index in [9.17, 15) is 4.79 Å². The lowest BCUT2D eigenvalue weighted by molar-refractivity contribution is -0.122. The van der Waals surface area contributed by atoms with Gasteiger partial charge in [0.1, 0.15) is 0 Å². The largest absolute Gasteiger partial charge is 0.454 e. The standard InChI is InChI=1S/C26H20N2O2.C25H23N3O3/c1-3-7-18(8-4-1)25-21-13-14-26(16-22(21)27-28-25,19-9-5-2-6-10-19)20-11-12-23-24(15-20)30-17-29-23;29-24(16-5-4-6-16)26-23-19-11-12-25(14-20(19)27-28-23,17-7-2-1-3-8-17)18-9-10-21-22(13-18)31-15-30-21/h1-15H,16-17H2,(H,27,28);1-3,7-13,16H,4-6,14-15H2,(H2,26,27,28,29). The smallest absolute Gasteiger partial charge is 0.231 e. The third kappa shape index (κ3) is 6.46. The summed E-state index contributed by atoms with van der Waals surface area (Å²) in [5.74, 6) is 3.96. The van der Waals surface area contributed by atoms with Gasteiger partial charge in [0.2, 0.25) is 19.5 Å². The quantitative estimate of drug-likeness (QED) is 0.147. The number of hydrogen-bond acceptors (Lipinski definition) is 7. The van der Waals surface area contributed by atoms with Crippen molar-refractivity contribution in [3.05, 3.63) is 184 Å². The van der Waals surface area contributed by atoms with E-state index in [1.165, 1.54) is 16.7 Å². The number of benzene rings is 5. The number of ether oxygens (including phenoxy) is 4. The molecule has 4 heterocycles. The molecule has 5 aliphatic rings. The summed E-state index contributed by atoms with van der Waals surface area (Å²) in [6.45, 7) is 0.528. The van der Waals surface area contributed by atoms with E-state index in [1.54, 1.807) is 0 Å². The molecule has 7 aromatic rings. The van der Waals surface area contributed by atoms with Gasteiger partial charge in [-0.25, -0.2) is 0 Å². The van der Waals surface area contributed by atoms with Gasteiger partial charge in [0, 0.05) is 57.7 Å². The fourth-order valence-corrected chi connectivity index (χ4v) is 9.28. The van der Waals surface area contributed by atoms with E-state index in [0.29, 0.717) is 12.2 Å². The molecule has 0 radical (unpaired) electrons. The van der Waals surface area contributed by atoms with Crippen molar-refractivity contribution in [3.63, 3.8) is 0 Å². The van der Waals surface area contributed by atoms with Gasteiger partial charge in [0.05, 0.1) is 5.69 Å². The molecule has 2 aliphatic heterocycles. The predicted octanol–water partition coefficient (Wildman–Crippen LogP) is 9.79. The maximum absolute atomic E-state index is 12.4. The fraction of sp³-hybridized carbons (Fsp3) is 0.196. The molecule has 302 valence electrons. The number of H-pyrrole nitrogens is 2. The molecular weight excluding hydrogens is 763 g/mol. The van der Waals surface area contributed by atoms with Crippen LogP contribution in [0.5, 0.6) is 23.0 Å². The zero-order valence-electron chi connectivity index (χ0n) is 33.4. The van der Waals surface area contributed by atoms with Crippen molar-refractivity contribution in [2.45, 2.75) is 42.9 Å². The van der Waals surface area contributed by atoms with Gasteiger partial charge in [-0.3, -0.25) is 15.0 Å². The highest BCUT2D eigenvalue weighted by Crippen LogP contribution is 2.47. The molecule has 0 spiro atoms. The van der Waals surface area contributed by atoms with Crippen molar-refractivity contribution in [3.8, 4) is 34.3 Å². The van der Waals surface area contributed by atoms with Crippen LogP contribution in [0.3, 0.4) is 0 Å². The predicted molar refractivity (Wildman–Crippen MR) is 234 cm³/mol. The Bertz CT molecular complexity index is 2810. The second-order valence-corrected chi connectivity index (χ2v) is 16.2. The lowest BCUT2D eigenvalue weighted by atomic mass is 9.68. The first kappa shape index (κ1) is 36.7. The number of hydrogen-bond donors (Lipinski definition) is 3. The Morgan fingerprint density at radius 3 is 1.64 bits per heavy atom. The molecule has 1 fully saturated rings. The molecule has 61 heavy (non-hydrogen) atoms. The Hall–Kier alpha value is -7.33. The molecule has 2 atom stereocenters. The Morgan fingerprint density at radius 2 is 1.08 bits per heavy atom. The third-order valence-electron chi connectivity index (χ3n) is 12.9. The number of carbonyl (C=O) groups excluding carboxylic acids is 1. The minimum absolute atomic E-state index is 0.0737. The number of rotatable bonds is 7. The summed E-state index contributed by atoms with van der Waals surface area (Å²) in [7, 11) is 0. The average Bonchev–Trinajstić information content (AvgIpc) is 4.13. The molecule has 10 nitrogen and oxygen atoms in total. The van der Waals surface area contributed by atoms with Gasteiger partial charge >= 0.3 is 0 Å². The number of aromatic nitrogens is 4. The van der Waals surface area contributed by atoms with Crippen molar-refractivity contribution in [2.24, 2.45) is 5.92 Å². The Morgan fingerprint density at radius 1 is 0.574 bits per heavy atom. The van der Waals surface area contributed by atoms with E-state index in [0.717, 1.165) is 88.0 Å². The molecule has 2 unspecified atom stereocenters. The van der Waals surface area contributed by atoms with Crippen LogP contribution >= 0.6 is 0 Å². The fourth-order valence-electron chi connectivity index (χ4n) is 9.28. The van der Waals surface area contributed by atoms with Crippen LogP contribution < -0.4 is 24.3 Å². The Balaban J connectivity index is 0.000000138. The number of amides is 1. The molecule has 0 saturated heterocycles. The highest BCUT2D eigenvalue weighted by Gasteiger charge is 2.39. The van der Waals surface area contributed by atoms with Crippen LogP contribution in [0.15, 0.2) is 140 Å². The molecular formula is C51H43N5O5. The first-order chi connectivity index (χ1) is 30.1. The lowest BCUT2D eigenvalue weighted by Crippen LogP contribution is -2.31. The van der Waals surface area contributed by atoms with Gasteiger partial charge in [-0.05, 0) is 59.4 Å². The van der Waals surface area contributed by atoms with Gasteiger partial charge in [-0.2, -0.15) is 10.2 Å². The summed E-state index contributed by atoms with van der Waals surface area (Å²) < 4.78 is 22.4. The SMILES string of the molecule is C1=CC(c2ccccc2)(c2ccc3c(c2)OCO3)Cc2[nH]nc(-c3ccccc3)c21.O=C(Nc1n[nH]c2c1C=CC(c1ccccc1)(c1ccc3c(c1)OCO3)C2)C1CCC1. The van der Waals surface area contributed by atoms with E-state index in [1.807, 2.05) is 36.4 Å². The van der Waals surface area contributed by atoms with Crippen molar-refractivity contribution >= 4 is 23.9 Å². The first-order valence-corrected chi connectivity index (χ1v) is 20.9. The molecule has 2 aromatic heterocycles. The number of aromatic amines is 2. The van der Waals surface area contributed by atoms with Crippen LogP contribution in [-0.4, -0.2) is 39.9 Å². The zero-order chi connectivity index (χ0) is 40.8. The second-order valence-electron chi connectivity index (χ2n) is 16.2. The monoisotopic (exact) mass is 805 g/mol. The molecule has 0 bridgehead atoms. The zero-order valence-corrected chi connectivity index (χ0v) is 33.4. The number of allylic oxidation sites excluding steroid dienone is 2. The van der Waals surface area contributed by atoms with Crippen molar-refractivity contribution in [1.82, 2.24) is 20.4 Å². The van der Waals surface area contributed by atoms with E-state index >= 15 is 0 Å². The number of fused-ring (bicyclic) bond motifs is 4. The average molecular weight is 806 g/mol. The normalized spacial score (nSPS) is 20.2.